The van der Waals surface area contributed by atoms with Gasteiger partial charge in [0.1, 0.15) is 0 Å². The van der Waals surface area contributed by atoms with Gasteiger partial charge in [-0.25, -0.2) is 9.59 Å². The summed E-state index contributed by atoms with van der Waals surface area (Å²) >= 11 is 23.8. The molecular formula is C20H10Cl4O4. The van der Waals surface area contributed by atoms with Gasteiger partial charge in [-0.2, -0.15) is 0 Å². The average Bonchev–Trinajstić information content (AvgIpc) is 2.67. The van der Waals surface area contributed by atoms with Crippen molar-refractivity contribution in [3.8, 4) is 11.5 Å². The largest absolute Gasteiger partial charge is 0.421 e. The lowest BCUT2D eigenvalue weighted by Crippen LogP contribution is -2.17. The summed E-state index contributed by atoms with van der Waals surface area (Å²) in [5, 5.41) is 1.08. The smallest absolute Gasteiger partial charge is 0.344 e. The molecule has 0 radical (unpaired) electrons. The van der Waals surface area contributed by atoms with Gasteiger partial charge in [0.05, 0.1) is 21.2 Å². The summed E-state index contributed by atoms with van der Waals surface area (Å²) in [4.78, 5) is 25.2. The van der Waals surface area contributed by atoms with E-state index in [0.29, 0.717) is 10.0 Å². The van der Waals surface area contributed by atoms with E-state index in [-0.39, 0.29) is 32.7 Å². The molecule has 0 N–H and O–H groups in total. The minimum Gasteiger partial charge on any atom is -0.421 e. The van der Waals surface area contributed by atoms with E-state index in [0.717, 1.165) is 0 Å². The molecular weight excluding hydrogens is 446 g/mol. The normalized spacial score (nSPS) is 10.4. The number of esters is 2. The summed E-state index contributed by atoms with van der Waals surface area (Å²) in [7, 11) is 0. The number of hydrogen-bond donors (Lipinski definition) is 0. The molecule has 0 spiro atoms. The number of benzene rings is 3. The van der Waals surface area contributed by atoms with Crippen molar-refractivity contribution in [2.75, 3.05) is 0 Å². The van der Waals surface area contributed by atoms with Gasteiger partial charge in [-0.15, -0.1) is 0 Å². The number of carbonyl (C=O) groups is 2. The van der Waals surface area contributed by atoms with E-state index in [9.17, 15) is 9.59 Å². The second-order valence-corrected chi connectivity index (χ2v) is 7.16. The molecule has 28 heavy (non-hydrogen) atoms. The Kier molecular flexibility index (Phi) is 6.47. The predicted molar refractivity (Wildman–Crippen MR) is 109 cm³/mol. The van der Waals surface area contributed by atoms with E-state index in [2.05, 4.69) is 0 Å². The molecule has 0 bridgehead atoms. The Morgan fingerprint density at radius 2 is 1.00 bits per heavy atom. The summed E-state index contributed by atoms with van der Waals surface area (Å²) in [6, 6.07) is 14.9. The van der Waals surface area contributed by atoms with Crippen molar-refractivity contribution in [1.82, 2.24) is 0 Å². The zero-order chi connectivity index (χ0) is 20.3. The molecule has 3 aromatic rings. The van der Waals surface area contributed by atoms with Crippen molar-refractivity contribution in [2.24, 2.45) is 0 Å². The Bertz CT molecular complexity index is 981. The first-order chi connectivity index (χ1) is 13.3. The third-order valence-electron chi connectivity index (χ3n) is 3.56. The minimum atomic E-state index is -0.797. The maximum atomic E-state index is 12.6. The highest BCUT2D eigenvalue weighted by Gasteiger charge is 2.21. The highest BCUT2D eigenvalue weighted by Crippen LogP contribution is 2.30. The lowest BCUT2D eigenvalue weighted by Gasteiger charge is -2.11. The molecule has 0 heterocycles. The molecule has 0 aromatic heterocycles. The molecule has 3 aromatic carbocycles. The number of ether oxygens (including phenoxy) is 2. The maximum absolute atomic E-state index is 12.6. The van der Waals surface area contributed by atoms with Crippen LogP contribution in [0.25, 0.3) is 0 Å². The molecule has 3 rings (SSSR count). The standard InChI is InChI=1S/C20H10Cl4O4/c21-11-5-7-15(23)17(9-11)27-19(25)13-3-1-2-4-14(13)20(26)28-18-10-12(22)6-8-16(18)24/h1-10H. The van der Waals surface area contributed by atoms with Gasteiger partial charge < -0.3 is 9.47 Å². The third-order valence-corrected chi connectivity index (χ3v) is 4.65. The van der Waals surface area contributed by atoms with Gasteiger partial charge >= 0.3 is 11.9 Å². The van der Waals surface area contributed by atoms with Crippen LogP contribution in [0.1, 0.15) is 20.7 Å². The van der Waals surface area contributed by atoms with E-state index in [4.69, 9.17) is 55.9 Å². The van der Waals surface area contributed by atoms with Crippen LogP contribution in [0.5, 0.6) is 11.5 Å². The summed E-state index contributed by atoms with van der Waals surface area (Å²) < 4.78 is 10.6. The second kappa shape index (κ2) is 8.84. The van der Waals surface area contributed by atoms with Crippen LogP contribution in [0.3, 0.4) is 0 Å². The molecule has 0 saturated carbocycles. The number of hydrogen-bond acceptors (Lipinski definition) is 4. The number of carbonyl (C=O) groups excluding carboxylic acids is 2. The summed E-state index contributed by atoms with van der Waals surface area (Å²) in [5.74, 6) is -1.46. The SMILES string of the molecule is O=C(Oc1cc(Cl)ccc1Cl)c1ccccc1C(=O)Oc1cc(Cl)ccc1Cl. The summed E-state index contributed by atoms with van der Waals surface area (Å²) in [6.07, 6.45) is 0. The van der Waals surface area contributed by atoms with Gasteiger partial charge in [-0.3, -0.25) is 0 Å². The number of rotatable bonds is 4. The monoisotopic (exact) mass is 454 g/mol. The van der Waals surface area contributed by atoms with Crippen molar-refractivity contribution in [3.05, 3.63) is 91.9 Å². The van der Waals surface area contributed by atoms with Crippen LogP contribution in [-0.2, 0) is 0 Å². The first-order valence-electron chi connectivity index (χ1n) is 7.78. The van der Waals surface area contributed by atoms with Crippen LogP contribution >= 0.6 is 46.4 Å². The predicted octanol–water partition coefficient (Wildman–Crippen LogP) is 6.74. The first kappa shape index (κ1) is 20.5. The molecule has 0 saturated heterocycles. The van der Waals surface area contributed by atoms with Crippen LogP contribution in [-0.4, -0.2) is 11.9 Å². The van der Waals surface area contributed by atoms with Crippen molar-refractivity contribution in [2.45, 2.75) is 0 Å². The second-order valence-electron chi connectivity index (χ2n) is 5.47. The third kappa shape index (κ3) is 4.78. The number of halogens is 4. The summed E-state index contributed by atoms with van der Waals surface area (Å²) in [5.41, 5.74) is -0.0246. The average molecular weight is 456 g/mol. The van der Waals surface area contributed by atoms with Gasteiger partial charge in [0, 0.05) is 22.2 Å². The molecule has 8 heteroatoms. The Hall–Kier alpha value is -2.24. The quantitative estimate of drug-likeness (QED) is 0.323. The van der Waals surface area contributed by atoms with Crippen LogP contribution in [0.15, 0.2) is 60.7 Å². The Morgan fingerprint density at radius 3 is 1.39 bits per heavy atom. The van der Waals surface area contributed by atoms with Crippen LogP contribution in [0.4, 0.5) is 0 Å². The zero-order valence-corrected chi connectivity index (χ0v) is 16.9. The molecule has 0 aliphatic heterocycles. The van der Waals surface area contributed by atoms with E-state index in [1.807, 2.05) is 0 Å². The minimum absolute atomic E-state index is 0.0123. The van der Waals surface area contributed by atoms with Crippen molar-refractivity contribution in [1.29, 1.82) is 0 Å². The van der Waals surface area contributed by atoms with Crippen molar-refractivity contribution < 1.29 is 19.1 Å². The van der Waals surface area contributed by atoms with E-state index in [1.54, 1.807) is 24.3 Å². The fraction of sp³-hybridized carbons (Fsp3) is 0. The van der Waals surface area contributed by atoms with E-state index in [1.165, 1.54) is 36.4 Å². The molecule has 0 fully saturated rings. The highest BCUT2D eigenvalue weighted by molar-refractivity contribution is 6.35. The molecule has 0 unspecified atom stereocenters. The molecule has 0 aliphatic rings. The van der Waals surface area contributed by atoms with E-state index < -0.39 is 11.9 Å². The van der Waals surface area contributed by atoms with Crippen LogP contribution < -0.4 is 9.47 Å². The van der Waals surface area contributed by atoms with Crippen LogP contribution in [0, 0.1) is 0 Å². The lowest BCUT2D eigenvalue weighted by atomic mass is 10.1. The Balaban J connectivity index is 1.88. The fourth-order valence-corrected chi connectivity index (χ4v) is 2.90. The van der Waals surface area contributed by atoms with Crippen molar-refractivity contribution in [3.63, 3.8) is 0 Å². The van der Waals surface area contributed by atoms with E-state index >= 15 is 0 Å². The Morgan fingerprint density at radius 1 is 0.607 bits per heavy atom. The first-order valence-corrected chi connectivity index (χ1v) is 9.30. The van der Waals surface area contributed by atoms with Gasteiger partial charge in [-0.05, 0) is 36.4 Å². The van der Waals surface area contributed by atoms with Gasteiger partial charge in [-0.1, -0.05) is 58.5 Å². The molecule has 142 valence electrons. The molecule has 0 atom stereocenters. The Labute approximate surface area is 180 Å². The van der Waals surface area contributed by atoms with Crippen LogP contribution in [0.2, 0.25) is 20.1 Å². The van der Waals surface area contributed by atoms with Gasteiger partial charge in [0.2, 0.25) is 0 Å². The van der Waals surface area contributed by atoms with Gasteiger partial charge in [0.15, 0.2) is 11.5 Å². The van der Waals surface area contributed by atoms with Gasteiger partial charge in [0.25, 0.3) is 0 Å². The molecule has 4 nitrogen and oxygen atoms in total. The summed E-state index contributed by atoms with van der Waals surface area (Å²) in [6.45, 7) is 0. The van der Waals surface area contributed by atoms with Crippen molar-refractivity contribution >= 4 is 58.3 Å². The zero-order valence-electron chi connectivity index (χ0n) is 13.9. The topological polar surface area (TPSA) is 52.6 Å². The fourth-order valence-electron chi connectivity index (χ4n) is 2.26. The lowest BCUT2D eigenvalue weighted by molar-refractivity contribution is 0.0692. The molecule has 0 amide bonds. The highest BCUT2D eigenvalue weighted by atomic mass is 35.5. The maximum Gasteiger partial charge on any atom is 0.344 e. The molecule has 0 aliphatic carbocycles.